The molecule has 1 aromatic heterocycles. The van der Waals surface area contributed by atoms with Crippen LogP contribution in [0, 0.1) is 0 Å². The Bertz CT molecular complexity index is 1190. The lowest BCUT2D eigenvalue weighted by Gasteiger charge is -2.24. The minimum atomic E-state index is -3.75. The van der Waals surface area contributed by atoms with E-state index < -0.39 is 27.6 Å². The summed E-state index contributed by atoms with van der Waals surface area (Å²) < 4.78 is 45.2. The maximum Gasteiger partial charge on any atom is 0.343 e. The summed E-state index contributed by atoms with van der Waals surface area (Å²) in [4.78, 5) is 25.1. The molecule has 0 spiro atoms. The molecule has 2 rings (SSSR count). The number of rotatable bonds is 13. The molecule has 1 atom stereocenters. The van der Waals surface area contributed by atoms with Gasteiger partial charge in [-0.3, -0.25) is 8.98 Å². The highest BCUT2D eigenvalue weighted by Crippen LogP contribution is 2.39. The van der Waals surface area contributed by atoms with Crippen LogP contribution in [0.1, 0.15) is 43.1 Å². The van der Waals surface area contributed by atoms with Crippen molar-refractivity contribution in [3.05, 3.63) is 45.2 Å². The summed E-state index contributed by atoms with van der Waals surface area (Å²) in [5.74, 6) is -0.806. The number of phenolic OH excluding ortho intramolecular Hbond substituents is 1. The van der Waals surface area contributed by atoms with Crippen LogP contribution in [0.15, 0.2) is 29.2 Å². The summed E-state index contributed by atoms with van der Waals surface area (Å²) in [5.41, 5.74) is -0.483. The number of methoxy groups -OCH3 is 1. The quantitative estimate of drug-likeness (QED) is 0.235. The fourth-order valence-electron chi connectivity index (χ4n) is 3.27. The largest absolute Gasteiger partial charge is 0.507 e. The van der Waals surface area contributed by atoms with E-state index in [0.717, 1.165) is 6.26 Å². The topological polar surface area (TPSA) is 130 Å². The van der Waals surface area contributed by atoms with Gasteiger partial charge in [0.25, 0.3) is 10.1 Å². The Labute approximate surface area is 209 Å². The highest BCUT2D eigenvalue weighted by atomic mass is 35.5. The van der Waals surface area contributed by atoms with Gasteiger partial charge in [-0.1, -0.05) is 18.5 Å². The van der Waals surface area contributed by atoms with Crippen molar-refractivity contribution in [2.75, 3.05) is 39.8 Å². The molecule has 1 N–H and O–H groups in total. The Morgan fingerprint density at radius 3 is 2.51 bits per heavy atom. The molecule has 10 nitrogen and oxygen atoms in total. The number of nitrogens with zero attached hydrogens (tertiary/aromatic N) is 1. The van der Waals surface area contributed by atoms with Crippen molar-refractivity contribution in [3.63, 3.8) is 0 Å². The number of esters is 1. The molecule has 0 amide bonds. The summed E-state index contributed by atoms with van der Waals surface area (Å²) in [6.07, 6.45) is 3.19. The van der Waals surface area contributed by atoms with Crippen LogP contribution in [0.5, 0.6) is 11.5 Å². The van der Waals surface area contributed by atoms with Crippen molar-refractivity contribution >= 4 is 27.7 Å². The number of aromatic nitrogens is 1. The van der Waals surface area contributed by atoms with E-state index in [4.69, 9.17) is 30.0 Å². The lowest BCUT2D eigenvalue weighted by Crippen LogP contribution is -2.25. The first-order valence-corrected chi connectivity index (χ1v) is 13.1. The van der Waals surface area contributed by atoms with Gasteiger partial charge in [-0.05, 0) is 19.4 Å². The fourth-order valence-corrected chi connectivity index (χ4v) is 3.89. The predicted molar refractivity (Wildman–Crippen MR) is 131 cm³/mol. The van der Waals surface area contributed by atoms with Crippen molar-refractivity contribution in [1.29, 1.82) is 0 Å². The van der Waals surface area contributed by atoms with E-state index >= 15 is 0 Å². The van der Waals surface area contributed by atoms with Gasteiger partial charge in [0, 0.05) is 44.0 Å². The summed E-state index contributed by atoms with van der Waals surface area (Å²) in [6.45, 7) is 4.00. The first-order chi connectivity index (χ1) is 16.5. The number of aromatic hydroxyl groups is 1. The van der Waals surface area contributed by atoms with Gasteiger partial charge < -0.3 is 23.9 Å². The molecule has 0 bridgehead atoms. The van der Waals surface area contributed by atoms with Gasteiger partial charge in [-0.25, -0.2) is 4.79 Å². The SMILES string of the molecule is CCOC(=O)c1cn([C@H](CC)COS(C)(=O)=O)c(-c2cc(Cl)c(OCCCOC)cc2O)cc1=O. The Balaban J connectivity index is 2.61. The molecule has 1 heterocycles. The van der Waals surface area contributed by atoms with Gasteiger partial charge >= 0.3 is 5.97 Å². The number of hydrogen-bond donors (Lipinski definition) is 1. The summed E-state index contributed by atoms with van der Waals surface area (Å²) in [6, 6.07) is 3.31. The molecule has 0 radical (unpaired) electrons. The molecule has 0 saturated heterocycles. The molecule has 2 aromatic rings. The smallest absolute Gasteiger partial charge is 0.343 e. The van der Waals surface area contributed by atoms with Crippen molar-refractivity contribution in [3.8, 4) is 22.8 Å². The number of pyridine rings is 1. The van der Waals surface area contributed by atoms with Gasteiger partial charge in [0.15, 0.2) is 5.43 Å². The average molecular weight is 532 g/mol. The van der Waals surface area contributed by atoms with Crippen molar-refractivity contribution in [2.24, 2.45) is 0 Å². The lowest BCUT2D eigenvalue weighted by molar-refractivity contribution is 0.0523. The predicted octanol–water partition coefficient (Wildman–Crippen LogP) is 3.39. The van der Waals surface area contributed by atoms with E-state index in [1.165, 1.54) is 29.0 Å². The number of halogens is 1. The summed E-state index contributed by atoms with van der Waals surface area (Å²) in [7, 11) is -2.18. The number of benzene rings is 1. The molecular formula is C23H30ClNO9S. The third-order valence-corrected chi connectivity index (χ3v) is 5.85. The van der Waals surface area contributed by atoms with E-state index in [-0.39, 0.29) is 46.6 Å². The highest BCUT2D eigenvalue weighted by Gasteiger charge is 2.23. The molecule has 0 unspecified atom stereocenters. The first-order valence-electron chi connectivity index (χ1n) is 10.9. The second-order valence-electron chi connectivity index (χ2n) is 7.61. The van der Waals surface area contributed by atoms with E-state index in [1.807, 2.05) is 0 Å². The van der Waals surface area contributed by atoms with Crippen LogP contribution in [0.25, 0.3) is 11.3 Å². The summed E-state index contributed by atoms with van der Waals surface area (Å²) in [5, 5.41) is 11.0. The molecular weight excluding hydrogens is 502 g/mol. The van der Waals surface area contributed by atoms with E-state index in [2.05, 4.69) is 0 Å². The minimum absolute atomic E-state index is 0.0661. The molecule has 1 aromatic carbocycles. The van der Waals surface area contributed by atoms with Crippen molar-refractivity contribution in [2.45, 2.75) is 32.7 Å². The Morgan fingerprint density at radius 2 is 1.91 bits per heavy atom. The maximum absolute atomic E-state index is 12.8. The Kier molecular flexibility index (Phi) is 10.6. The monoisotopic (exact) mass is 531 g/mol. The van der Waals surface area contributed by atoms with Crippen LogP contribution in [0.3, 0.4) is 0 Å². The van der Waals surface area contributed by atoms with Gasteiger partial charge in [0.05, 0.1) is 42.8 Å². The molecule has 0 saturated carbocycles. The zero-order valence-corrected chi connectivity index (χ0v) is 21.6. The highest BCUT2D eigenvalue weighted by molar-refractivity contribution is 7.85. The van der Waals surface area contributed by atoms with Crippen LogP contribution in [-0.2, 0) is 23.8 Å². The molecule has 0 aliphatic rings. The standard InChI is InChI=1S/C23H30ClNO9S/c1-5-15(14-34-35(4,29)30)25-13-17(23(28)32-6-2)20(26)11-19(25)16-10-18(24)22(12-21(16)27)33-9-7-8-31-3/h10-13,15,27H,5-9,14H2,1-4H3/t15-/m1/s1. The molecule has 12 heteroatoms. The van der Waals surface area contributed by atoms with Crippen LogP contribution in [0.4, 0.5) is 0 Å². The average Bonchev–Trinajstić information content (AvgIpc) is 2.79. The van der Waals surface area contributed by atoms with Gasteiger partial charge in [-0.15, -0.1) is 0 Å². The third kappa shape index (κ3) is 7.96. The second kappa shape index (κ2) is 12.9. The molecule has 0 aliphatic heterocycles. The van der Waals surface area contributed by atoms with Crippen LogP contribution in [0.2, 0.25) is 5.02 Å². The molecule has 0 aliphatic carbocycles. The number of carbonyl (C=O) groups excluding carboxylic acids is 1. The lowest BCUT2D eigenvalue weighted by atomic mass is 10.1. The number of carbonyl (C=O) groups is 1. The minimum Gasteiger partial charge on any atom is -0.507 e. The van der Waals surface area contributed by atoms with E-state index in [0.29, 0.717) is 26.1 Å². The van der Waals surface area contributed by atoms with Crippen LogP contribution < -0.4 is 10.2 Å². The van der Waals surface area contributed by atoms with Crippen molar-refractivity contribution < 1.29 is 36.7 Å². The van der Waals surface area contributed by atoms with Gasteiger partial charge in [0.1, 0.15) is 17.1 Å². The van der Waals surface area contributed by atoms with Crippen molar-refractivity contribution in [1.82, 2.24) is 4.57 Å². The van der Waals surface area contributed by atoms with E-state index in [9.17, 15) is 23.1 Å². The molecule has 0 fully saturated rings. The number of ether oxygens (including phenoxy) is 3. The van der Waals surface area contributed by atoms with E-state index in [1.54, 1.807) is 21.0 Å². The maximum atomic E-state index is 12.8. The summed E-state index contributed by atoms with van der Waals surface area (Å²) >= 11 is 6.38. The van der Waals surface area contributed by atoms with Gasteiger partial charge in [0.2, 0.25) is 0 Å². The Hall–Kier alpha value is -2.60. The zero-order chi connectivity index (χ0) is 26.2. The normalized spacial score (nSPS) is 12.4. The molecule has 194 valence electrons. The first kappa shape index (κ1) is 28.6. The Morgan fingerprint density at radius 1 is 1.20 bits per heavy atom. The fraction of sp³-hybridized carbons (Fsp3) is 0.478. The van der Waals surface area contributed by atoms with Crippen LogP contribution >= 0.6 is 11.6 Å². The zero-order valence-electron chi connectivity index (χ0n) is 20.1. The second-order valence-corrected chi connectivity index (χ2v) is 9.66. The number of hydrogen-bond acceptors (Lipinski definition) is 9. The molecule has 35 heavy (non-hydrogen) atoms. The number of phenols is 1. The third-order valence-electron chi connectivity index (χ3n) is 4.99. The van der Waals surface area contributed by atoms with Gasteiger partial charge in [-0.2, -0.15) is 8.42 Å². The van der Waals surface area contributed by atoms with Crippen LogP contribution in [-0.4, -0.2) is 63.9 Å².